The second-order valence-electron chi connectivity index (χ2n) is 4.05. The minimum Gasteiger partial charge on any atom is -0.340 e. The van der Waals surface area contributed by atoms with E-state index in [9.17, 15) is 14.4 Å². The van der Waals surface area contributed by atoms with Gasteiger partial charge in [0, 0.05) is 18.4 Å². The second kappa shape index (κ2) is 6.29. The van der Waals surface area contributed by atoms with Gasteiger partial charge >= 0.3 is 6.03 Å². The lowest BCUT2D eigenvalue weighted by Gasteiger charge is -2.23. The van der Waals surface area contributed by atoms with Gasteiger partial charge in [0.25, 0.3) is 0 Å². The van der Waals surface area contributed by atoms with E-state index in [2.05, 4.69) is 21.5 Å². The molecule has 8 heteroatoms. The van der Waals surface area contributed by atoms with E-state index in [0.29, 0.717) is 0 Å². The number of carbonyl (C=O) groups is 3. The Kier molecular flexibility index (Phi) is 4.46. The van der Waals surface area contributed by atoms with Crippen LogP contribution >= 0.6 is 11.8 Å². The summed E-state index contributed by atoms with van der Waals surface area (Å²) < 4.78 is 0. The molecule has 0 spiro atoms. The molecule has 1 aliphatic heterocycles. The summed E-state index contributed by atoms with van der Waals surface area (Å²) in [6.07, 6.45) is -0.0190. The molecule has 0 bridgehead atoms. The van der Waals surface area contributed by atoms with E-state index in [1.807, 2.05) is 24.3 Å². The molecule has 0 saturated heterocycles. The first kappa shape index (κ1) is 14.2. The topological polar surface area (TPSA) is 99.3 Å². The summed E-state index contributed by atoms with van der Waals surface area (Å²) in [5.74, 6) is -0.649. The van der Waals surface area contributed by atoms with Gasteiger partial charge in [0.1, 0.15) is 0 Å². The zero-order valence-electron chi connectivity index (χ0n) is 10.7. The maximum absolute atomic E-state index is 11.9. The maximum Gasteiger partial charge on any atom is 0.333 e. The molecule has 0 aromatic heterocycles. The van der Waals surface area contributed by atoms with Gasteiger partial charge in [0.15, 0.2) is 0 Å². The molecular formula is C12H14N4O3S. The molecule has 0 unspecified atom stereocenters. The quantitative estimate of drug-likeness (QED) is 0.595. The summed E-state index contributed by atoms with van der Waals surface area (Å²) in [4.78, 5) is 35.4. The van der Waals surface area contributed by atoms with Crippen molar-refractivity contribution in [3.63, 3.8) is 0 Å². The second-order valence-corrected chi connectivity index (χ2v) is 5.29. The maximum atomic E-state index is 11.9. The third kappa shape index (κ3) is 3.41. The minimum atomic E-state index is -0.524. The number of rotatable bonds is 2. The molecule has 4 amide bonds. The van der Waals surface area contributed by atoms with E-state index >= 15 is 0 Å². The van der Waals surface area contributed by atoms with Crippen molar-refractivity contribution in [3.8, 4) is 0 Å². The van der Waals surface area contributed by atoms with Crippen LogP contribution in [0.25, 0.3) is 0 Å². The van der Waals surface area contributed by atoms with Crippen LogP contribution in [0.15, 0.2) is 29.2 Å². The lowest BCUT2D eigenvalue weighted by atomic mass is 10.2. The number of anilines is 1. The van der Waals surface area contributed by atoms with Crippen LogP contribution in [0.2, 0.25) is 0 Å². The fourth-order valence-corrected chi connectivity index (χ4v) is 2.75. The number of carbonyl (C=O) groups excluding carboxylic acids is 3. The molecule has 1 atom stereocenters. The summed E-state index contributed by atoms with van der Waals surface area (Å²) >= 11 is 1.33. The van der Waals surface area contributed by atoms with Gasteiger partial charge in [-0.2, -0.15) is 0 Å². The number of nitrogens with one attached hydrogen (secondary N) is 4. The first-order valence-electron chi connectivity index (χ1n) is 5.93. The Morgan fingerprint density at radius 1 is 1.30 bits per heavy atom. The molecule has 1 aromatic rings. The molecule has 7 nitrogen and oxygen atoms in total. The third-order valence-electron chi connectivity index (χ3n) is 2.62. The monoisotopic (exact) mass is 294 g/mol. The van der Waals surface area contributed by atoms with E-state index in [0.717, 1.165) is 10.6 Å². The Balaban J connectivity index is 1.92. The van der Waals surface area contributed by atoms with Crippen molar-refractivity contribution in [2.24, 2.45) is 0 Å². The van der Waals surface area contributed by atoms with Crippen LogP contribution in [0.4, 0.5) is 10.5 Å². The van der Waals surface area contributed by atoms with Gasteiger partial charge in [-0.15, -0.1) is 11.8 Å². The van der Waals surface area contributed by atoms with Crippen molar-refractivity contribution in [2.45, 2.75) is 16.6 Å². The number of amides is 4. The number of thioether (sulfide) groups is 1. The van der Waals surface area contributed by atoms with Gasteiger partial charge in [0.05, 0.1) is 10.9 Å². The predicted octanol–water partition coefficient (Wildman–Crippen LogP) is 0.450. The van der Waals surface area contributed by atoms with Gasteiger partial charge in [-0.25, -0.2) is 10.2 Å². The molecule has 106 valence electrons. The fourth-order valence-electron chi connectivity index (χ4n) is 1.64. The van der Waals surface area contributed by atoms with E-state index in [1.165, 1.54) is 18.8 Å². The highest BCUT2D eigenvalue weighted by molar-refractivity contribution is 8.01. The molecule has 0 radical (unpaired) electrons. The number of fused-ring (bicyclic) bond motifs is 1. The SMILES string of the molecule is CNC(=O)NNC(=O)C[C@@H]1Sc2ccccc2NC1=O. The van der Waals surface area contributed by atoms with Crippen LogP contribution in [0.1, 0.15) is 6.42 Å². The summed E-state index contributed by atoms with van der Waals surface area (Å²) in [7, 11) is 1.43. The summed E-state index contributed by atoms with van der Waals surface area (Å²) in [5.41, 5.74) is 5.15. The van der Waals surface area contributed by atoms with Crippen LogP contribution in [0, 0.1) is 0 Å². The van der Waals surface area contributed by atoms with Crippen LogP contribution in [0.3, 0.4) is 0 Å². The van der Waals surface area contributed by atoms with E-state index in [4.69, 9.17) is 0 Å². The molecule has 0 aliphatic carbocycles. The van der Waals surface area contributed by atoms with Crippen molar-refractivity contribution in [1.29, 1.82) is 0 Å². The van der Waals surface area contributed by atoms with Gasteiger partial charge in [-0.05, 0) is 12.1 Å². The van der Waals surface area contributed by atoms with Gasteiger partial charge in [0.2, 0.25) is 11.8 Å². The fraction of sp³-hybridized carbons (Fsp3) is 0.250. The normalized spacial score (nSPS) is 16.6. The van der Waals surface area contributed by atoms with Crippen molar-refractivity contribution in [3.05, 3.63) is 24.3 Å². The van der Waals surface area contributed by atoms with E-state index < -0.39 is 17.2 Å². The lowest BCUT2D eigenvalue weighted by Crippen LogP contribution is -2.47. The Hall–Kier alpha value is -2.22. The number of hydrazine groups is 1. The number of urea groups is 1. The lowest BCUT2D eigenvalue weighted by molar-refractivity contribution is -0.124. The molecule has 4 N–H and O–H groups in total. The Bertz CT molecular complexity index is 549. The smallest absolute Gasteiger partial charge is 0.333 e. The first-order chi connectivity index (χ1) is 9.60. The number of hydrogen-bond donors (Lipinski definition) is 4. The standard InChI is InChI=1S/C12H14N4O3S/c1-13-12(19)16-15-10(17)6-9-11(18)14-7-4-2-3-5-8(7)20-9/h2-5,9H,6H2,1H3,(H,14,18)(H,15,17)(H2,13,16,19)/t9-/m0/s1. The molecule has 20 heavy (non-hydrogen) atoms. The minimum absolute atomic E-state index is 0.0190. The zero-order valence-corrected chi connectivity index (χ0v) is 11.5. The Morgan fingerprint density at radius 3 is 2.80 bits per heavy atom. The largest absolute Gasteiger partial charge is 0.340 e. The van der Waals surface area contributed by atoms with E-state index in [1.54, 1.807) is 0 Å². The predicted molar refractivity (Wildman–Crippen MR) is 75.1 cm³/mol. The molecule has 0 saturated carbocycles. The van der Waals surface area contributed by atoms with Gasteiger partial charge < -0.3 is 10.6 Å². The summed E-state index contributed by atoms with van der Waals surface area (Å²) in [6, 6.07) is 6.87. The first-order valence-corrected chi connectivity index (χ1v) is 6.81. The van der Waals surface area contributed by atoms with Crippen molar-refractivity contribution in [1.82, 2.24) is 16.2 Å². The number of benzene rings is 1. The highest BCUT2D eigenvalue weighted by Crippen LogP contribution is 2.36. The van der Waals surface area contributed by atoms with Crippen molar-refractivity contribution in [2.75, 3.05) is 12.4 Å². The zero-order chi connectivity index (χ0) is 14.5. The highest BCUT2D eigenvalue weighted by atomic mass is 32.2. The average Bonchev–Trinajstić information content (AvgIpc) is 2.45. The Morgan fingerprint density at radius 2 is 2.05 bits per heavy atom. The van der Waals surface area contributed by atoms with Crippen LogP contribution < -0.4 is 21.5 Å². The summed E-state index contributed by atoms with van der Waals surface area (Å²) in [5, 5.41) is 4.53. The molecule has 1 aliphatic rings. The van der Waals surface area contributed by atoms with Crippen LogP contribution in [0.5, 0.6) is 0 Å². The number of para-hydroxylation sites is 1. The highest BCUT2D eigenvalue weighted by Gasteiger charge is 2.28. The average molecular weight is 294 g/mol. The van der Waals surface area contributed by atoms with Gasteiger partial charge in [-0.3, -0.25) is 15.0 Å². The molecule has 0 fully saturated rings. The molecule has 2 rings (SSSR count). The van der Waals surface area contributed by atoms with Crippen molar-refractivity contribution < 1.29 is 14.4 Å². The van der Waals surface area contributed by atoms with Crippen LogP contribution in [-0.4, -0.2) is 30.1 Å². The number of hydrogen-bond acceptors (Lipinski definition) is 4. The van der Waals surface area contributed by atoms with Gasteiger partial charge in [-0.1, -0.05) is 12.1 Å². The van der Waals surface area contributed by atoms with Crippen LogP contribution in [-0.2, 0) is 9.59 Å². The Labute approximate surface area is 119 Å². The third-order valence-corrected chi connectivity index (χ3v) is 3.90. The van der Waals surface area contributed by atoms with Crippen molar-refractivity contribution >= 4 is 35.3 Å². The summed E-state index contributed by atoms with van der Waals surface area (Å²) in [6.45, 7) is 0. The molecular weight excluding hydrogens is 280 g/mol. The van der Waals surface area contributed by atoms with E-state index in [-0.39, 0.29) is 12.3 Å². The molecule has 1 aromatic carbocycles. The molecule has 1 heterocycles.